The molecule has 2 aromatic heterocycles. The van der Waals surface area contributed by atoms with Crippen LogP contribution < -0.4 is 4.90 Å². The molecule has 28 heavy (non-hydrogen) atoms. The highest BCUT2D eigenvalue weighted by molar-refractivity contribution is 6.29. The van der Waals surface area contributed by atoms with Crippen molar-refractivity contribution < 1.29 is 4.79 Å². The number of anilines is 1. The number of rotatable bonds is 4. The Labute approximate surface area is 169 Å². The summed E-state index contributed by atoms with van der Waals surface area (Å²) < 4.78 is 1.77. The number of halogens is 1. The molecule has 3 heterocycles. The van der Waals surface area contributed by atoms with Gasteiger partial charge in [-0.2, -0.15) is 0 Å². The van der Waals surface area contributed by atoms with Crippen molar-refractivity contribution in [2.45, 2.75) is 32.4 Å². The number of hydrogen-bond acceptors (Lipinski definition) is 5. The standard InChI is InChI=1S/C20H23ClN6O/c1-14-11-18(23-13-22-14)26-9-7-15(8-10-26)25(2)19(28)12-27-17-6-4-3-5-16(17)24-20(27)21/h3-6,11,13,15H,7-10,12H2,1-2H3. The van der Waals surface area contributed by atoms with E-state index in [9.17, 15) is 4.79 Å². The van der Waals surface area contributed by atoms with Crippen molar-refractivity contribution in [2.75, 3.05) is 25.0 Å². The minimum atomic E-state index is 0.0429. The highest BCUT2D eigenvalue weighted by Crippen LogP contribution is 2.23. The van der Waals surface area contributed by atoms with Crippen LogP contribution in [0.3, 0.4) is 0 Å². The second-order valence-electron chi connectivity index (χ2n) is 7.20. The molecule has 1 aliphatic rings. The summed E-state index contributed by atoms with van der Waals surface area (Å²) in [7, 11) is 1.88. The normalized spacial score (nSPS) is 15.2. The van der Waals surface area contributed by atoms with Crippen LogP contribution in [0.4, 0.5) is 5.82 Å². The predicted molar refractivity (Wildman–Crippen MR) is 110 cm³/mol. The van der Waals surface area contributed by atoms with Gasteiger partial charge in [0.1, 0.15) is 18.7 Å². The lowest BCUT2D eigenvalue weighted by Gasteiger charge is -2.37. The topological polar surface area (TPSA) is 67.2 Å². The Balaban J connectivity index is 1.40. The number of likely N-dealkylation sites (N-methyl/N-ethyl adjacent to an activating group) is 1. The van der Waals surface area contributed by atoms with Gasteiger partial charge in [-0.05, 0) is 43.5 Å². The number of imidazole rings is 1. The summed E-state index contributed by atoms with van der Waals surface area (Å²) in [6.07, 6.45) is 3.42. The molecule has 1 aromatic carbocycles. The van der Waals surface area contributed by atoms with Crippen molar-refractivity contribution in [1.29, 1.82) is 0 Å². The molecule has 3 aromatic rings. The molecule has 7 nitrogen and oxygen atoms in total. The van der Waals surface area contributed by atoms with Crippen molar-refractivity contribution >= 4 is 34.4 Å². The molecule has 146 valence electrons. The van der Waals surface area contributed by atoms with Crippen LogP contribution in [0.25, 0.3) is 11.0 Å². The number of hydrogen-bond donors (Lipinski definition) is 0. The fourth-order valence-corrected chi connectivity index (χ4v) is 3.98. The van der Waals surface area contributed by atoms with Crippen molar-refractivity contribution in [3.8, 4) is 0 Å². The number of nitrogens with zero attached hydrogens (tertiary/aromatic N) is 6. The van der Waals surface area contributed by atoms with Gasteiger partial charge in [-0.15, -0.1) is 0 Å². The van der Waals surface area contributed by atoms with E-state index in [1.54, 1.807) is 10.9 Å². The first-order valence-corrected chi connectivity index (χ1v) is 9.81. The van der Waals surface area contributed by atoms with Crippen LogP contribution in [0, 0.1) is 6.92 Å². The molecule has 0 bridgehead atoms. The largest absolute Gasteiger partial charge is 0.356 e. The molecule has 8 heteroatoms. The molecular formula is C20H23ClN6O. The summed E-state index contributed by atoms with van der Waals surface area (Å²) in [5.74, 6) is 0.998. The summed E-state index contributed by atoms with van der Waals surface area (Å²) in [4.78, 5) is 29.8. The highest BCUT2D eigenvalue weighted by atomic mass is 35.5. The summed E-state index contributed by atoms with van der Waals surface area (Å²) in [5, 5.41) is 0.344. The Morgan fingerprint density at radius 3 is 2.75 bits per heavy atom. The van der Waals surface area contributed by atoms with Gasteiger partial charge in [-0.1, -0.05) is 12.1 Å². The first-order chi connectivity index (χ1) is 13.5. The molecule has 0 N–H and O–H groups in total. The minimum absolute atomic E-state index is 0.0429. The molecule has 1 aliphatic heterocycles. The third-order valence-corrected chi connectivity index (χ3v) is 5.71. The smallest absolute Gasteiger partial charge is 0.242 e. The molecule has 1 amide bonds. The summed E-state index contributed by atoms with van der Waals surface area (Å²) >= 11 is 6.26. The van der Waals surface area contributed by atoms with E-state index >= 15 is 0 Å². The second-order valence-corrected chi connectivity index (χ2v) is 7.53. The predicted octanol–water partition coefficient (Wildman–Crippen LogP) is 2.92. The Kier molecular flexibility index (Phi) is 5.17. The molecule has 1 fully saturated rings. The maximum atomic E-state index is 12.9. The number of para-hydroxylation sites is 2. The van der Waals surface area contributed by atoms with Crippen molar-refractivity contribution in [3.05, 3.63) is 47.6 Å². The van der Waals surface area contributed by atoms with Gasteiger partial charge in [0, 0.05) is 37.9 Å². The molecule has 0 atom stereocenters. The minimum Gasteiger partial charge on any atom is -0.356 e. The van der Waals surface area contributed by atoms with Crippen molar-refractivity contribution in [1.82, 2.24) is 24.4 Å². The summed E-state index contributed by atoms with van der Waals surface area (Å²) in [5.41, 5.74) is 2.64. The number of piperidine rings is 1. The Bertz CT molecular complexity index is 995. The third-order valence-electron chi connectivity index (χ3n) is 5.42. The van der Waals surface area contributed by atoms with Gasteiger partial charge in [0.15, 0.2) is 0 Å². The zero-order chi connectivity index (χ0) is 19.7. The molecule has 4 rings (SSSR count). The fraction of sp³-hybridized carbons (Fsp3) is 0.400. The van der Waals surface area contributed by atoms with E-state index in [1.165, 1.54) is 0 Å². The molecule has 0 spiro atoms. The fourth-order valence-electron chi connectivity index (χ4n) is 3.74. The number of aromatic nitrogens is 4. The second kappa shape index (κ2) is 7.75. The van der Waals surface area contributed by atoms with Crippen LogP contribution in [0.1, 0.15) is 18.5 Å². The maximum absolute atomic E-state index is 12.9. The first-order valence-electron chi connectivity index (χ1n) is 9.43. The van der Waals surface area contributed by atoms with E-state index in [-0.39, 0.29) is 18.5 Å². The lowest BCUT2D eigenvalue weighted by Crippen LogP contribution is -2.46. The molecule has 0 saturated carbocycles. The van der Waals surface area contributed by atoms with Crippen LogP contribution in [0.15, 0.2) is 36.7 Å². The van der Waals surface area contributed by atoms with Gasteiger partial charge in [-0.25, -0.2) is 15.0 Å². The van der Waals surface area contributed by atoms with Gasteiger partial charge in [0.05, 0.1) is 11.0 Å². The van der Waals surface area contributed by atoms with E-state index in [2.05, 4.69) is 19.9 Å². The van der Waals surface area contributed by atoms with Gasteiger partial charge < -0.3 is 14.4 Å². The first kappa shape index (κ1) is 18.7. The molecule has 0 radical (unpaired) electrons. The monoisotopic (exact) mass is 398 g/mol. The van der Waals surface area contributed by atoms with Crippen LogP contribution in [-0.2, 0) is 11.3 Å². The van der Waals surface area contributed by atoms with E-state index < -0.39 is 0 Å². The molecule has 0 unspecified atom stereocenters. The summed E-state index contributed by atoms with van der Waals surface area (Å²) in [6, 6.07) is 9.88. The van der Waals surface area contributed by atoms with Gasteiger partial charge in [0.25, 0.3) is 0 Å². The Hall–Kier alpha value is -2.67. The van der Waals surface area contributed by atoms with E-state index in [0.29, 0.717) is 5.28 Å². The number of amides is 1. The lowest BCUT2D eigenvalue weighted by molar-refractivity contribution is -0.132. The van der Waals surface area contributed by atoms with Gasteiger partial charge >= 0.3 is 0 Å². The van der Waals surface area contributed by atoms with E-state index in [0.717, 1.165) is 48.5 Å². The average molecular weight is 399 g/mol. The maximum Gasteiger partial charge on any atom is 0.242 e. The zero-order valence-corrected chi connectivity index (χ0v) is 16.8. The van der Waals surface area contributed by atoms with Crippen LogP contribution in [0.2, 0.25) is 5.28 Å². The zero-order valence-electron chi connectivity index (χ0n) is 16.0. The van der Waals surface area contributed by atoms with E-state index in [4.69, 9.17) is 11.6 Å². The van der Waals surface area contributed by atoms with Crippen molar-refractivity contribution in [2.24, 2.45) is 0 Å². The molecule has 1 saturated heterocycles. The van der Waals surface area contributed by atoms with Gasteiger partial charge in [-0.3, -0.25) is 4.79 Å². The third kappa shape index (κ3) is 3.67. The average Bonchev–Trinajstić information content (AvgIpc) is 3.03. The van der Waals surface area contributed by atoms with Crippen LogP contribution in [0.5, 0.6) is 0 Å². The van der Waals surface area contributed by atoms with Crippen molar-refractivity contribution in [3.63, 3.8) is 0 Å². The quantitative estimate of drug-likeness (QED) is 0.676. The number of carbonyl (C=O) groups is 1. The Morgan fingerprint density at radius 1 is 1.25 bits per heavy atom. The Morgan fingerprint density at radius 2 is 2.00 bits per heavy atom. The number of carbonyl (C=O) groups excluding carboxylic acids is 1. The highest BCUT2D eigenvalue weighted by Gasteiger charge is 2.26. The van der Waals surface area contributed by atoms with Crippen LogP contribution >= 0.6 is 11.6 Å². The lowest BCUT2D eigenvalue weighted by atomic mass is 10.0. The number of aryl methyl sites for hydroxylation is 1. The van der Waals surface area contributed by atoms with Gasteiger partial charge in [0.2, 0.25) is 11.2 Å². The van der Waals surface area contributed by atoms with Crippen LogP contribution in [-0.4, -0.2) is 56.5 Å². The molecular weight excluding hydrogens is 376 g/mol. The van der Waals surface area contributed by atoms with E-state index in [1.807, 2.05) is 49.2 Å². The SMILES string of the molecule is Cc1cc(N2CCC(N(C)C(=O)Cn3c(Cl)nc4ccccc43)CC2)ncn1. The molecule has 0 aliphatic carbocycles. The summed E-state index contributed by atoms with van der Waals surface area (Å²) in [6.45, 7) is 3.90. The number of benzene rings is 1. The number of fused-ring (bicyclic) bond motifs is 1.